The van der Waals surface area contributed by atoms with E-state index in [4.69, 9.17) is 14.9 Å². The molecule has 13 heteroatoms. The number of furan rings is 1. The van der Waals surface area contributed by atoms with Crippen molar-refractivity contribution >= 4 is 34.7 Å². The number of likely N-dealkylation sites (tertiary alicyclic amines) is 1. The highest BCUT2D eigenvalue weighted by Gasteiger charge is 2.37. The topological polar surface area (TPSA) is 124 Å². The molecular formula is C29H25F4N5O4. The zero-order valence-electron chi connectivity index (χ0n) is 22.2. The number of hydrogen-bond acceptors (Lipinski definition) is 7. The van der Waals surface area contributed by atoms with E-state index in [0.717, 1.165) is 6.07 Å². The lowest BCUT2D eigenvalue weighted by Gasteiger charge is -2.15. The first-order chi connectivity index (χ1) is 20.0. The number of anilines is 1. The predicted molar refractivity (Wildman–Crippen MR) is 146 cm³/mol. The fourth-order valence-electron chi connectivity index (χ4n) is 4.57. The Morgan fingerprint density at radius 1 is 1.14 bits per heavy atom. The number of nitrogens with one attached hydrogen (secondary N) is 1. The van der Waals surface area contributed by atoms with Crippen molar-refractivity contribution in [3.05, 3.63) is 83.4 Å². The van der Waals surface area contributed by atoms with Crippen molar-refractivity contribution in [3.63, 3.8) is 0 Å². The molecule has 0 radical (unpaired) electrons. The number of pyridine rings is 2. The fraction of sp³-hybridized carbons (Fsp3) is 0.241. The predicted octanol–water partition coefficient (Wildman–Crippen LogP) is 4.63. The number of alkyl halides is 4. The number of carbonyl (C=O) groups is 2. The number of carbonyl (C=O) groups excluding carboxylic acids is 2. The zero-order chi connectivity index (χ0) is 30.0. The average molecular weight is 584 g/mol. The molecule has 3 aromatic heterocycles. The van der Waals surface area contributed by atoms with Gasteiger partial charge in [-0.05, 0) is 54.1 Å². The number of aromatic nitrogens is 2. The second kappa shape index (κ2) is 11.6. The van der Waals surface area contributed by atoms with Crippen LogP contribution in [0, 0.1) is 0 Å². The number of benzene rings is 1. The highest BCUT2D eigenvalue weighted by atomic mass is 19.4. The molecule has 2 amide bonds. The standard InChI is InChI=1S/C29H25F4N5O4/c1-41-24-15-38(14-22(24)30)28(40)17-4-5-23(35-12-17)18-8-19-9-20(42-27(19)21(10-18)29(31,32)33)13-37-26(39)7-3-16-2-6-25(34)36-11-16/h2-12,22,24H,13-15H2,1H3,(H2,34,36)(H,37,39). The third-order valence-corrected chi connectivity index (χ3v) is 6.74. The van der Waals surface area contributed by atoms with Crippen molar-refractivity contribution in [2.45, 2.75) is 25.0 Å². The molecule has 1 aromatic carbocycles. The quantitative estimate of drug-likeness (QED) is 0.240. The molecule has 4 aromatic rings. The number of rotatable bonds is 7. The van der Waals surface area contributed by atoms with Crippen molar-refractivity contribution in [1.29, 1.82) is 0 Å². The first-order valence-electron chi connectivity index (χ1n) is 12.8. The Labute approximate surface area is 237 Å². The van der Waals surface area contributed by atoms with Crippen LogP contribution in [0.2, 0.25) is 0 Å². The molecule has 218 valence electrons. The molecule has 42 heavy (non-hydrogen) atoms. The molecule has 1 aliphatic rings. The van der Waals surface area contributed by atoms with Crippen LogP contribution in [0.25, 0.3) is 28.3 Å². The molecule has 4 heterocycles. The summed E-state index contributed by atoms with van der Waals surface area (Å²) in [5, 5.41) is 2.73. The minimum Gasteiger partial charge on any atom is -0.459 e. The Bertz CT molecular complexity index is 1640. The summed E-state index contributed by atoms with van der Waals surface area (Å²) in [6, 6.07) is 9.91. The first kappa shape index (κ1) is 28.7. The van der Waals surface area contributed by atoms with Crippen LogP contribution in [-0.2, 0) is 22.3 Å². The molecule has 0 spiro atoms. The summed E-state index contributed by atoms with van der Waals surface area (Å²) in [5.41, 5.74) is 5.28. The molecule has 0 saturated carbocycles. The Morgan fingerprint density at radius 3 is 2.60 bits per heavy atom. The van der Waals surface area contributed by atoms with Gasteiger partial charge in [0, 0.05) is 36.5 Å². The number of nitrogen functional groups attached to an aromatic ring is 1. The SMILES string of the molecule is COC1CN(C(=O)c2ccc(-c3cc(C(F)(F)F)c4oc(CNC(=O)C=Cc5ccc(N)nc5)cc4c3)nc2)CC1F. The van der Waals surface area contributed by atoms with Gasteiger partial charge in [-0.15, -0.1) is 0 Å². The molecule has 2 atom stereocenters. The van der Waals surface area contributed by atoms with Gasteiger partial charge in [-0.3, -0.25) is 14.6 Å². The van der Waals surface area contributed by atoms with E-state index in [0.29, 0.717) is 11.4 Å². The monoisotopic (exact) mass is 583 g/mol. The number of amides is 2. The van der Waals surface area contributed by atoms with Crippen LogP contribution >= 0.6 is 0 Å². The zero-order valence-corrected chi connectivity index (χ0v) is 22.2. The molecule has 2 unspecified atom stereocenters. The van der Waals surface area contributed by atoms with E-state index in [9.17, 15) is 27.2 Å². The van der Waals surface area contributed by atoms with Crippen LogP contribution in [-0.4, -0.2) is 59.2 Å². The fourth-order valence-corrected chi connectivity index (χ4v) is 4.57. The molecule has 1 aliphatic heterocycles. The highest BCUT2D eigenvalue weighted by molar-refractivity contribution is 5.95. The minimum atomic E-state index is -4.74. The van der Waals surface area contributed by atoms with Gasteiger partial charge in [0.25, 0.3) is 5.91 Å². The van der Waals surface area contributed by atoms with Gasteiger partial charge in [0.15, 0.2) is 0 Å². The molecular weight excluding hydrogens is 558 g/mol. The van der Waals surface area contributed by atoms with E-state index in [1.807, 2.05) is 0 Å². The largest absolute Gasteiger partial charge is 0.459 e. The van der Waals surface area contributed by atoms with Gasteiger partial charge in [-0.25, -0.2) is 9.37 Å². The summed E-state index contributed by atoms with van der Waals surface area (Å²) in [4.78, 5) is 34.4. The summed E-state index contributed by atoms with van der Waals surface area (Å²) in [6.07, 6.45) is -1.27. The Kier molecular flexibility index (Phi) is 7.94. The van der Waals surface area contributed by atoms with Crippen molar-refractivity contribution in [2.24, 2.45) is 0 Å². The van der Waals surface area contributed by atoms with E-state index in [2.05, 4.69) is 15.3 Å². The van der Waals surface area contributed by atoms with E-state index in [-0.39, 0.29) is 53.2 Å². The van der Waals surface area contributed by atoms with E-state index in [1.54, 1.807) is 12.1 Å². The van der Waals surface area contributed by atoms with Crippen molar-refractivity contribution < 1.29 is 36.3 Å². The Balaban J connectivity index is 1.34. The van der Waals surface area contributed by atoms with Crippen molar-refractivity contribution in [3.8, 4) is 11.3 Å². The molecule has 1 saturated heterocycles. The summed E-state index contributed by atoms with van der Waals surface area (Å²) in [5.74, 6) is -0.494. The molecule has 0 bridgehead atoms. The summed E-state index contributed by atoms with van der Waals surface area (Å²) in [7, 11) is 1.37. The van der Waals surface area contributed by atoms with Gasteiger partial charge in [-0.2, -0.15) is 13.2 Å². The number of nitrogens with zero attached hydrogens (tertiary/aromatic N) is 3. The third kappa shape index (κ3) is 6.25. The minimum absolute atomic E-state index is 0.0868. The molecule has 0 aliphatic carbocycles. The molecule has 9 nitrogen and oxygen atoms in total. The second-order valence-corrected chi connectivity index (χ2v) is 9.65. The van der Waals surface area contributed by atoms with Gasteiger partial charge in [-0.1, -0.05) is 0 Å². The van der Waals surface area contributed by atoms with Crippen molar-refractivity contribution in [2.75, 3.05) is 25.9 Å². The number of hydrogen-bond donors (Lipinski definition) is 2. The van der Waals surface area contributed by atoms with Crippen LogP contribution < -0.4 is 11.1 Å². The summed E-state index contributed by atoms with van der Waals surface area (Å²) < 4.78 is 66.5. The molecule has 1 fully saturated rings. The Hall–Kier alpha value is -4.78. The molecule has 5 rings (SSSR count). The maximum atomic E-state index is 14.0. The summed E-state index contributed by atoms with van der Waals surface area (Å²) in [6.45, 7) is -0.187. The van der Waals surface area contributed by atoms with Crippen molar-refractivity contribution in [1.82, 2.24) is 20.2 Å². The van der Waals surface area contributed by atoms with Crippen LogP contribution in [0.3, 0.4) is 0 Å². The smallest absolute Gasteiger partial charge is 0.420 e. The lowest BCUT2D eigenvalue weighted by atomic mass is 10.0. The van der Waals surface area contributed by atoms with E-state index < -0.39 is 35.8 Å². The van der Waals surface area contributed by atoms with Gasteiger partial charge in [0.2, 0.25) is 5.91 Å². The number of ether oxygens (including phenoxy) is 1. The van der Waals surface area contributed by atoms with Gasteiger partial charge < -0.3 is 25.1 Å². The normalized spacial score (nSPS) is 17.3. The Morgan fingerprint density at radius 2 is 1.95 bits per heavy atom. The third-order valence-electron chi connectivity index (χ3n) is 6.74. The van der Waals surface area contributed by atoms with Crippen LogP contribution in [0.1, 0.15) is 27.2 Å². The summed E-state index contributed by atoms with van der Waals surface area (Å²) >= 11 is 0. The molecule has 3 N–H and O–H groups in total. The number of fused-ring (bicyclic) bond motifs is 1. The maximum Gasteiger partial charge on any atom is 0.420 e. The number of nitrogens with two attached hydrogens (primary N) is 1. The van der Waals surface area contributed by atoms with Gasteiger partial charge >= 0.3 is 6.18 Å². The van der Waals surface area contributed by atoms with E-state index in [1.165, 1.54) is 60.8 Å². The van der Waals surface area contributed by atoms with Crippen LogP contribution in [0.5, 0.6) is 0 Å². The van der Waals surface area contributed by atoms with E-state index >= 15 is 0 Å². The number of methoxy groups -OCH3 is 1. The van der Waals surface area contributed by atoms with Gasteiger partial charge in [0.05, 0.1) is 36.5 Å². The van der Waals surface area contributed by atoms with Crippen LogP contribution in [0.15, 0.2) is 65.4 Å². The lowest BCUT2D eigenvalue weighted by Crippen LogP contribution is -2.30. The second-order valence-electron chi connectivity index (χ2n) is 9.65. The van der Waals surface area contributed by atoms with Gasteiger partial charge in [0.1, 0.15) is 29.4 Å². The van der Waals surface area contributed by atoms with Crippen LogP contribution in [0.4, 0.5) is 23.4 Å². The lowest BCUT2D eigenvalue weighted by molar-refractivity contribution is -0.136. The maximum absolute atomic E-state index is 14.0. The number of halogens is 4. The highest BCUT2D eigenvalue weighted by Crippen LogP contribution is 2.39. The average Bonchev–Trinajstić information content (AvgIpc) is 3.57. The first-order valence-corrected chi connectivity index (χ1v) is 12.8.